The van der Waals surface area contributed by atoms with Crippen LogP contribution < -0.4 is 15.5 Å². The lowest BCUT2D eigenvalue weighted by molar-refractivity contribution is 0.312. The number of pyridine rings is 1. The van der Waals surface area contributed by atoms with Crippen LogP contribution in [0.1, 0.15) is 5.56 Å². The molecule has 0 amide bonds. The molecule has 0 bridgehead atoms. The standard InChI is InChI=1S/C19H29N7.HI/c1-20-19(22-8-11-25-9-3-4-10-25)23-16-17-6-5-7-21-18(17)26-14-12-24(2)13-15-26;/h3-7,9-10H,8,11-16H2,1-2H3,(H2,20,22,23);1H. The molecule has 2 aromatic rings. The largest absolute Gasteiger partial charge is 0.355 e. The van der Waals surface area contributed by atoms with Crippen molar-refractivity contribution in [2.75, 3.05) is 51.7 Å². The Bertz CT molecular complexity index is 694. The molecule has 1 fully saturated rings. The molecule has 0 radical (unpaired) electrons. The smallest absolute Gasteiger partial charge is 0.191 e. The van der Waals surface area contributed by atoms with E-state index in [4.69, 9.17) is 0 Å². The summed E-state index contributed by atoms with van der Waals surface area (Å²) < 4.78 is 2.15. The number of aliphatic imine (C=N–C) groups is 1. The fourth-order valence-corrected chi connectivity index (χ4v) is 3.09. The summed E-state index contributed by atoms with van der Waals surface area (Å²) in [4.78, 5) is 13.7. The van der Waals surface area contributed by atoms with Crippen LogP contribution in [0.25, 0.3) is 0 Å². The zero-order valence-electron chi connectivity index (χ0n) is 16.1. The van der Waals surface area contributed by atoms with Gasteiger partial charge in [-0.3, -0.25) is 4.99 Å². The molecule has 0 aliphatic carbocycles. The highest BCUT2D eigenvalue weighted by molar-refractivity contribution is 14.0. The van der Waals surface area contributed by atoms with Crippen molar-refractivity contribution in [2.45, 2.75) is 13.1 Å². The van der Waals surface area contributed by atoms with Crippen LogP contribution in [0.15, 0.2) is 47.8 Å². The van der Waals surface area contributed by atoms with E-state index in [9.17, 15) is 0 Å². The van der Waals surface area contributed by atoms with E-state index in [0.29, 0.717) is 6.54 Å². The first kappa shape index (κ1) is 21.5. The molecule has 27 heavy (non-hydrogen) atoms. The minimum absolute atomic E-state index is 0. The Labute approximate surface area is 178 Å². The zero-order chi connectivity index (χ0) is 18.2. The van der Waals surface area contributed by atoms with E-state index in [2.05, 4.69) is 60.5 Å². The van der Waals surface area contributed by atoms with Crippen molar-refractivity contribution in [3.05, 3.63) is 48.4 Å². The Morgan fingerprint density at radius 1 is 1.11 bits per heavy atom. The van der Waals surface area contributed by atoms with Crippen LogP contribution in [-0.2, 0) is 13.1 Å². The molecular weight excluding hydrogens is 453 g/mol. The quantitative estimate of drug-likeness (QED) is 0.372. The van der Waals surface area contributed by atoms with Gasteiger partial charge in [0, 0.05) is 77.0 Å². The molecule has 1 aliphatic heterocycles. The fraction of sp³-hybridized carbons (Fsp3) is 0.474. The second-order valence-electron chi connectivity index (χ2n) is 6.55. The van der Waals surface area contributed by atoms with Gasteiger partial charge >= 0.3 is 0 Å². The monoisotopic (exact) mass is 483 g/mol. The molecule has 148 valence electrons. The molecule has 0 saturated carbocycles. The number of hydrogen-bond donors (Lipinski definition) is 2. The number of likely N-dealkylation sites (N-methyl/N-ethyl adjacent to an activating group) is 1. The molecule has 0 aromatic carbocycles. The average molecular weight is 483 g/mol. The number of anilines is 1. The first-order chi connectivity index (χ1) is 12.8. The van der Waals surface area contributed by atoms with E-state index in [1.165, 1.54) is 5.56 Å². The molecular formula is C19H30IN7. The van der Waals surface area contributed by atoms with Gasteiger partial charge in [-0.15, -0.1) is 24.0 Å². The minimum atomic E-state index is 0. The van der Waals surface area contributed by atoms with Gasteiger partial charge in [0.05, 0.1) is 0 Å². The Balaban J connectivity index is 0.00000261. The molecule has 8 heteroatoms. The molecule has 0 atom stereocenters. The van der Waals surface area contributed by atoms with Crippen molar-refractivity contribution < 1.29 is 0 Å². The highest BCUT2D eigenvalue weighted by Crippen LogP contribution is 2.18. The van der Waals surface area contributed by atoms with Crippen LogP contribution in [0.2, 0.25) is 0 Å². The highest BCUT2D eigenvalue weighted by atomic mass is 127. The van der Waals surface area contributed by atoms with Crippen LogP contribution in [0, 0.1) is 0 Å². The zero-order valence-corrected chi connectivity index (χ0v) is 18.5. The highest BCUT2D eigenvalue weighted by Gasteiger charge is 2.17. The predicted molar refractivity (Wildman–Crippen MR) is 122 cm³/mol. The predicted octanol–water partition coefficient (Wildman–Crippen LogP) is 1.62. The molecule has 1 saturated heterocycles. The Morgan fingerprint density at radius 3 is 2.56 bits per heavy atom. The van der Waals surface area contributed by atoms with Crippen molar-refractivity contribution in [1.82, 2.24) is 25.1 Å². The fourth-order valence-electron chi connectivity index (χ4n) is 3.09. The van der Waals surface area contributed by atoms with Crippen molar-refractivity contribution >= 4 is 35.8 Å². The normalized spacial score (nSPS) is 15.3. The van der Waals surface area contributed by atoms with Gasteiger partial charge in [0.1, 0.15) is 5.82 Å². The van der Waals surface area contributed by atoms with Gasteiger partial charge in [-0.25, -0.2) is 4.98 Å². The Hall–Kier alpha value is -1.81. The number of halogens is 1. The molecule has 3 rings (SSSR count). The van der Waals surface area contributed by atoms with Gasteiger partial charge < -0.3 is 25.0 Å². The van der Waals surface area contributed by atoms with Crippen molar-refractivity contribution in [2.24, 2.45) is 4.99 Å². The molecule has 3 heterocycles. The molecule has 1 aliphatic rings. The summed E-state index contributed by atoms with van der Waals surface area (Å²) in [7, 11) is 3.97. The van der Waals surface area contributed by atoms with E-state index >= 15 is 0 Å². The van der Waals surface area contributed by atoms with E-state index < -0.39 is 0 Å². The molecule has 7 nitrogen and oxygen atoms in total. The molecule has 0 spiro atoms. The molecule has 0 unspecified atom stereocenters. The van der Waals surface area contributed by atoms with Gasteiger partial charge in [0.2, 0.25) is 0 Å². The van der Waals surface area contributed by atoms with Crippen LogP contribution in [0.3, 0.4) is 0 Å². The first-order valence-electron chi connectivity index (χ1n) is 9.19. The third-order valence-electron chi connectivity index (χ3n) is 4.67. The van der Waals surface area contributed by atoms with Crippen LogP contribution in [0.4, 0.5) is 5.82 Å². The summed E-state index contributed by atoms with van der Waals surface area (Å²) in [6.45, 7) is 6.63. The van der Waals surface area contributed by atoms with E-state index in [0.717, 1.165) is 51.0 Å². The van der Waals surface area contributed by atoms with Gasteiger partial charge in [-0.2, -0.15) is 0 Å². The summed E-state index contributed by atoms with van der Waals surface area (Å²) in [5.41, 5.74) is 1.20. The first-order valence-corrected chi connectivity index (χ1v) is 9.19. The molecule has 2 N–H and O–H groups in total. The average Bonchev–Trinajstić information content (AvgIpc) is 3.19. The van der Waals surface area contributed by atoms with Crippen molar-refractivity contribution in [3.8, 4) is 0 Å². The summed E-state index contributed by atoms with van der Waals surface area (Å²) in [6, 6.07) is 8.21. The second-order valence-corrected chi connectivity index (χ2v) is 6.55. The van der Waals surface area contributed by atoms with Crippen LogP contribution >= 0.6 is 24.0 Å². The van der Waals surface area contributed by atoms with Crippen molar-refractivity contribution in [1.29, 1.82) is 0 Å². The number of nitrogens with zero attached hydrogens (tertiary/aromatic N) is 5. The van der Waals surface area contributed by atoms with Crippen LogP contribution in [-0.4, -0.2) is 67.2 Å². The third-order valence-corrected chi connectivity index (χ3v) is 4.67. The lowest BCUT2D eigenvalue weighted by Crippen LogP contribution is -2.45. The molecule has 2 aromatic heterocycles. The summed E-state index contributed by atoms with van der Waals surface area (Å²) in [5.74, 6) is 1.89. The van der Waals surface area contributed by atoms with Gasteiger partial charge in [-0.1, -0.05) is 6.07 Å². The maximum atomic E-state index is 4.63. The summed E-state index contributed by atoms with van der Waals surface area (Å²) in [6.07, 6.45) is 6.01. The van der Waals surface area contributed by atoms with E-state index in [1.54, 1.807) is 7.05 Å². The minimum Gasteiger partial charge on any atom is -0.355 e. The maximum Gasteiger partial charge on any atom is 0.191 e. The van der Waals surface area contributed by atoms with Gasteiger partial charge in [0.25, 0.3) is 0 Å². The number of hydrogen-bond acceptors (Lipinski definition) is 4. The Kier molecular flexibility index (Phi) is 8.86. The van der Waals surface area contributed by atoms with Crippen LogP contribution in [0.5, 0.6) is 0 Å². The topological polar surface area (TPSA) is 60.7 Å². The Morgan fingerprint density at radius 2 is 1.85 bits per heavy atom. The van der Waals surface area contributed by atoms with Gasteiger partial charge in [-0.05, 0) is 25.2 Å². The van der Waals surface area contributed by atoms with E-state index in [-0.39, 0.29) is 24.0 Å². The summed E-state index contributed by atoms with van der Waals surface area (Å²) >= 11 is 0. The van der Waals surface area contributed by atoms with Gasteiger partial charge in [0.15, 0.2) is 5.96 Å². The summed E-state index contributed by atoms with van der Waals surface area (Å²) in [5, 5.41) is 6.77. The van der Waals surface area contributed by atoms with Crippen molar-refractivity contribution in [3.63, 3.8) is 0 Å². The number of piperazine rings is 1. The lowest BCUT2D eigenvalue weighted by Gasteiger charge is -2.34. The lowest BCUT2D eigenvalue weighted by atomic mass is 10.2. The number of guanidine groups is 1. The van der Waals surface area contributed by atoms with E-state index in [1.807, 2.05) is 24.4 Å². The number of nitrogens with one attached hydrogen (secondary N) is 2. The third kappa shape index (κ3) is 6.39. The number of aromatic nitrogens is 2. The number of rotatable bonds is 6. The SMILES string of the molecule is CN=C(NCCn1cccc1)NCc1cccnc1N1CCN(C)CC1.I. The maximum absolute atomic E-state index is 4.63. The second kappa shape index (κ2) is 11.1.